The Morgan fingerprint density at radius 1 is 0.774 bits per heavy atom. The summed E-state index contributed by atoms with van der Waals surface area (Å²) in [6.07, 6.45) is 1.36. The SMILES string of the molecule is COC(C)(C)C(=O)C(=C(O)c1ccccc1)/C(=C\C(=O)c1ccccc1)C(C)(C)OC. The van der Waals surface area contributed by atoms with E-state index in [-0.39, 0.29) is 22.7 Å². The summed E-state index contributed by atoms with van der Waals surface area (Å²) in [5.74, 6) is -1.01. The first-order valence-corrected chi connectivity index (χ1v) is 10.0. The minimum atomic E-state index is -1.24. The van der Waals surface area contributed by atoms with Crippen molar-refractivity contribution >= 4 is 17.3 Å². The van der Waals surface area contributed by atoms with Crippen LogP contribution in [0.15, 0.2) is 77.9 Å². The van der Waals surface area contributed by atoms with E-state index >= 15 is 0 Å². The largest absolute Gasteiger partial charge is 0.507 e. The van der Waals surface area contributed by atoms with Crippen LogP contribution in [0.3, 0.4) is 0 Å². The lowest BCUT2D eigenvalue weighted by atomic mass is 9.81. The Morgan fingerprint density at radius 2 is 1.23 bits per heavy atom. The highest BCUT2D eigenvalue weighted by atomic mass is 16.5. The number of rotatable bonds is 9. The molecule has 2 aromatic carbocycles. The number of ketones is 2. The van der Waals surface area contributed by atoms with Gasteiger partial charge in [0, 0.05) is 30.9 Å². The zero-order valence-corrected chi connectivity index (χ0v) is 18.9. The number of hydrogen-bond donors (Lipinski definition) is 1. The van der Waals surface area contributed by atoms with E-state index in [0.29, 0.717) is 11.1 Å². The molecule has 2 rings (SSSR count). The lowest BCUT2D eigenvalue weighted by Crippen LogP contribution is -2.39. The molecule has 0 fully saturated rings. The molecule has 5 nitrogen and oxygen atoms in total. The fourth-order valence-corrected chi connectivity index (χ4v) is 2.97. The van der Waals surface area contributed by atoms with Crippen LogP contribution in [0, 0.1) is 0 Å². The molecule has 0 atom stereocenters. The lowest BCUT2D eigenvalue weighted by Gasteiger charge is -2.32. The lowest BCUT2D eigenvalue weighted by molar-refractivity contribution is -0.133. The highest BCUT2D eigenvalue weighted by Crippen LogP contribution is 2.35. The molecular formula is C26H30O5. The maximum absolute atomic E-state index is 13.6. The van der Waals surface area contributed by atoms with Gasteiger partial charge in [-0.25, -0.2) is 0 Å². The highest BCUT2D eigenvalue weighted by Gasteiger charge is 2.39. The second-order valence-corrected chi connectivity index (χ2v) is 8.14. The first-order valence-electron chi connectivity index (χ1n) is 10.0. The predicted octanol–water partition coefficient (Wildman–Crippen LogP) is 5.18. The van der Waals surface area contributed by atoms with Crippen LogP contribution in [0.4, 0.5) is 0 Å². The first kappa shape index (κ1) is 24.3. The van der Waals surface area contributed by atoms with Crippen molar-refractivity contribution in [1.29, 1.82) is 0 Å². The Balaban J connectivity index is 2.83. The number of aliphatic hydroxyl groups excluding tert-OH is 1. The zero-order valence-electron chi connectivity index (χ0n) is 18.9. The fraction of sp³-hybridized carbons (Fsp3) is 0.308. The maximum Gasteiger partial charge on any atom is 0.198 e. The summed E-state index contributed by atoms with van der Waals surface area (Å²) in [5, 5.41) is 11.2. The molecule has 0 unspecified atom stereocenters. The van der Waals surface area contributed by atoms with Crippen LogP contribution in [-0.4, -0.2) is 42.1 Å². The van der Waals surface area contributed by atoms with Gasteiger partial charge in [0.1, 0.15) is 11.4 Å². The third kappa shape index (κ3) is 5.57. The van der Waals surface area contributed by atoms with Crippen molar-refractivity contribution in [2.75, 3.05) is 14.2 Å². The van der Waals surface area contributed by atoms with Crippen LogP contribution in [-0.2, 0) is 14.3 Å². The van der Waals surface area contributed by atoms with Crippen LogP contribution >= 0.6 is 0 Å². The summed E-state index contributed by atoms with van der Waals surface area (Å²) < 4.78 is 11.0. The molecule has 0 amide bonds. The number of aliphatic hydroxyl groups is 1. The van der Waals surface area contributed by atoms with Gasteiger partial charge in [0.15, 0.2) is 11.6 Å². The Bertz CT molecular complexity index is 983. The van der Waals surface area contributed by atoms with Crippen LogP contribution in [0.25, 0.3) is 5.76 Å². The number of ether oxygens (including phenoxy) is 2. The van der Waals surface area contributed by atoms with Gasteiger partial charge in [-0.1, -0.05) is 60.7 Å². The number of carbonyl (C=O) groups excluding carboxylic acids is 2. The smallest absolute Gasteiger partial charge is 0.198 e. The first-order chi connectivity index (χ1) is 14.5. The van der Waals surface area contributed by atoms with Crippen molar-refractivity contribution < 1.29 is 24.2 Å². The Labute approximate surface area is 184 Å². The number of allylic oxidation sites excluding steroid dienone is 1. The van der Waals surface area contributed by atoms with Gasteiger partial charge >= 0.3 is 0 Å². The minimum absolute atomic E-state index is 0.0193. The summed E-state index contributed by atoms with van der Waals surface area (Å²) in [4.78, 5) is 26.6. The second kappa shape index (κ2) is 9.86. The topological polar surface area (TPSA) is 72.8 Å². The summed E-state index contributed by atoms with van der Waals surface area (Å²) >= 11 is 0. The van der Waals surface area contributed by atoms with Gasteiger partial charge in [-0.05, 0) is 33.8 Å². The summed E-state index contributed by atoms with van der Waals surface area (Å²) in [7, 11) is 2.92. The van der Waals surface area contributed by atoms with Crippen molar-refractivity contribution in [3.05, 3.63) is 89.0 Å². The summed E-state index contributed by atoms with van der Waals surface area (Å²) in [5.41, 5.74) is -1.14. The molecule has 1 N–H and O–H groups in total. The molecule has 0 spiro atoms. The molecule has 0 bridgehead atoms. The van der Waals surface area contributed by atoms with Crippen LogP contribution in [0.1, 0.15) is 43.6 Å². The van der Waals surface area contributed by atoms with Gasteiger partial charge in [-0.3, -0.25) is 9.59 Å². The maximum atomic E-state index is 13.6. The third-order valence-electron chi connectivity index (χ3n) is 5.33. The second-order valence-electron chi connectivity index (χ2n) is 8.14. The predicted molar refractivity (Wildman–Crippen MR) is 122 cm³/mol. The fourth-order valence-electron chi connectivity index (χ4n) is 2.97. The molecular weight excluding hydrogens is 392 g/mol. The van der Waals surface area contributed by atoms with Crippen molar-refractivity contribution in [3.8, 4) is 0 Å². The molecule has 0 heterocycles. The van der Waals surface area contributed by atoms with Crippen molar-refractivity contribution in [3.63, 3.8) is 0 Å². The molecule has 164 valence electrons. The summed E-state index contributed by atoms with van der Waals surface area (Å²) in [6, 6.07) is 17.4. The molecule has 5 heteroatoms. The van der Waals surface area contributed by atoms with Crippen LogP contribution in [0.5, 0.6) is 0 Å². The molecule has 0 aliphatic rings. The highest BCUT2D eigenvalue weighted by molar-refractivity contribution is 6.13. The van der Waals surface area contributed by atoms with Gasteiger partial charge in [0.2, 0.25) is 0 Å². The van der Waals surface area contributed by atoms with Crippen molar-refractivity contribution in [1.82, 2.24) is 0 Å². The van der Waals surface area contributed by atoms with Crippen molar-refractivity contribution in [2.24, 2.45) is 0 Å². The Kier molecular flexibility index (Phi) is 7.71. The molecule has 31 heavy (non-hydrogen) atoms. The Hall–Kier alpha value is -3.02. The van der Waals surface area contributed by atoms with Gasteiger partial charge < -0.3 is 14.6 Å². The minimum Gasteiger partial charge on any atom is -0.507 e. The molecule has 0 aliphatic carbocycles. The van der Waals surface area contributed by atoms with Gasteiger partial charge in [-0.2, -0.15) is 0 Å². The quantitative estimate of drug-likeness (QED) is 0.261. The monoisotopic (exact) mass is 422 g/mol. The van der Waals surface area contributed by atoms with Crippen molar-refractivity contribution in [2.45, 2.75) is 38.9 Å². The molecule has 0 saturated heterocycles. The van der Waals surface area contributed by atoms with E-state index in [9.17, 15) is 14.7 Å². The number of hydrogen-bond acceptors (Lipinski definition) is 5. The normalized spacial score (nSPS) is 13.5. The molecule has 0 aliphatic heterocycles. The van der Waals surface area contributed by atoms with E-state index in [1.54, 1.807) is 76.2 Å². The molecule has 0 aromatic heterocycles. The van der Waals surface area contributed by atoms with Gasteiger partial charge in [-0.15, -0.1) is 0 Å². The average molecular weight is 423 g/mol. The molecule has 2 aromatic rings. The number of carbonyl (C=O) groups is 2. The van der Waals surface area contributed by atoms with E-state index in [1.807, 2.05) is 12.1 Å². The molecule has 0 saturated carbocycles. The molecule has 0 radical (unpaired) electrons. The third-order valence-corrected chi connectivity index (χ3v) is 5.33. The number of benzene rings is 2. The van der Waals surface area contributed by atoms with Crippen LogP contribution < -0.4 is 0 Å². The van der Waals surface area contributed by atoms with E-state index in [0.717, 1.165) is 0 Å². The van der Waals surface area contributed by atoms with Gasteiger partial charge in [0.05, 0.1) is 11.2 Å². The average Bonchev–Trinajstić information content (AvgIpc) is 2.79. The summed E-state index contributed by atoms with van der Waals surface area (Å²) in [6.45, 7) is 6.71. The van der Waals surface area contributed by atoms with E-state index in [2.05, 4.69) is 0 Å². The zero-order chi connectivity index (χ0) is 23.2. The van der Waals surface area contributed by atoms with Crippen LogP contribution in [0.2, 0.25) is 0 Å². The Morgan fingerprint density at radius 3 is 1.68 bits per heavy atom. The number of methoxy groups -OCH3 is 2. The standard InChI is InChI=1S/C26H30O5/c1-25(2,30-5)20(17-21(27)18-13-9-7-10-14-18)22(24(29)26(3,4)31-6)23(28)19-15-11-8-12-16-19/h7-17,28H,1-6H3/b20-17+,23-22?. The van der Waals surface area contributed by atoms with E-state index in [4.69, 9.17) is 9.47 Å². The number of Topliss-reactive ketones (excluding diaryl/α,β-unsaturated/α-hetero) is 1. The van der Waals surface area contributed by atoms with E-state index in [1.165, 1.54) is 20.3 Å². The van der Waals surface area contributed by atoms with Gasteiger partial charge in [0.25, 0.3) is 0 Å². The van der Waals surface area contributed by atoms with E-state index < -0.39 is 17.0 Å².